The van der Waals surface area contributed by atoms with Gasteiger partial charge in [-0.1, -0.05) is 65.5 Å². The van der Waals surface area contributed by atoms with Crippen molar-refractivity contribution in [3.8, 4) is 0 Å². The molecule has 4 rings (SSSR count). The van der Waals surface area contributed by atoms with Crippen molar-refractivity contribution in [3.05, 3.63) is 11.6 Å². The molecule has 4 heteroatoms. The van der Waals surface area contributed by atoms with Gasteiger partial charge in [0.2, 0.25) is 0 Å². The number of carboxylic acids is 1. The Morgan fingerprint density at radius 1 is 1.03 bits per heavy atom. The van der Waals surface area contributed by atoms with E-state index in [0.29, 0.717) is 10.8 Å². The summed E-state index contributed by atoms with van der Waals surface area (Å²) in [5.74, 6) is 4.27. The van der Waals surface area contributed by atoms with Crippen molar-refractivity contribution < 1.29 is 20.1 Å². The van der Waals surface area contributed by atoms with E-state index in [9.17, 15) is 9.90 Å². The summed E-state index contributed by atoms with van der Waals surface area (Å²) in [6, 6.07) is 0. The lowest BCUT2D eigenvalue weighted by Gasteiger charge is -2.58. The van der Waals surface area contributed by atoms with Crippen LogP contribution in [0.15, 0.2) is 11.6 Å². The highest BCUT2D eigenvalue weighted by Crippen LogP contribution is 2.67. The number of carbonyl (C=O) groups is 1. The van der Waals surface area contributed by atoms with Crippen molar-refractivity contribution in [1.29, 1.82) is 0 Å². The van der Waals surface area contributed by atoms with E-state index in [1.54, 1.807) is 5.57 Å². The molecule has 3 N–H and O–H groups in total. The molecule has 0 amide bonds. The van der Waals surface area contributed by atoms with Crippen LogP contribution in [0.3, 0.4) is 0 Å². The van der Waals surface area contributed by atoms with Gasteiger partial charge in [-0.3, -0.25) is 0 Å². The van der Waals surface area contributed by atoms with Crippen molar-refractivity contribution in [2.24, 2.45) is 46.3 Å². The molecule has 0 aromatic carbocycles. The highest BCUT2D eigenvalue weighted by atomic mass is 16.4. The normalized spacial score (nSPS) is 40.7. The maximum Gasteiger partial charge on any atom is 0.332 e. The van der Waals surface area contributed by atoms with Crippen LogP contribution in [-0.2, 0) is 4.79 Å². The molecule has 0 spiro atoms. The molecule has 0 radical (unpaired) electrons. The van der Waals surface area contributed by atoms with Crippen LogP contribution in [0.4, 0.5) is 0 Å². The second-order valence-corrected chi connectivity index (χ2v) is 13.2. The van der Waals surface area contributed by atoms with Crippen LogP contribution in [0.5, 0.6) is 0 Å². The van der Waals surface area contributed by atoms with E-state index in [1.807, 2.05) is 0 Å². The summed E-state index contributed by atoms with van der Waals surface area (Å²) < 4.78 is 0. The van der Waals surface area contributed by atoms with Crippen molar-refractivity contribution >= 4 is 5.97 Å². The Morgan fingerprint density at radius 3 is 2.32 bits per heavy atom. The second kappa shape index (κ2) is 11.0. The van der Waals surface area contributed by atoms with Gasteiger partial charge >= 0.3 is 5.97 Å². The third kappa shape index (κ3) is 5.59. The molecule has 0 bridgehead atoms. The minimum absolute atomic E-state index is 0.0766. The highest BCUT2D eigenvalue weighted by Gasteiger charge is 2.59. The molecule has 0 aliphatic heterocycles. The predicted molar refractivity (Wildman–Crippen MR) is 138 cm³/mol. The van der Waals surface area contributed by atoms with Crippen LogP contribution in [0.1, 0.15) is 112 Å². The van der Waals surface area contributed by atoms with Gasteiger partial charge in [0.25, 0.3) is 0 Å². The van der Waals surface area contributed by atoms with E-state index in [4.69, 9.17) is 10.2 Å². The smallest absolute Gasteiger partial charge is 0.332 e. The molecule has 3 saturated carbocycles. The Kier molecular flexibility index (Phi) is 8.99. The number of aliphatic hydroxyl groups is 2. The first-order valence-electron chi connectivity index (χ1n) is 14.2. The maximum atomic E-state index is 10.2. The third-order valence-corrected chi connectivity index (χ3v) is 10.6. The monoisotopic (exact) mass is 476 g/mol. The van der Waals surface area contributed by atoms with Gasteiger partial charge in [-0.25, -0.2) is 4.79 Å². The third-order valence-electron chi connectivity index (χ3n) is 10.6. The standard InChI is InChI=1S/C27H46O.C3H6O3/c1-18(2)7-6-8-19(3)23-11-12-24-22-10-9-20-17-21(28)13-15-26(20,4)25(22)14-16-27(23,24)5;1-2(4)3(5)6/h9,18-19,21-25,28H,6-8,10-17H2,1-5H3;2,4H,1H3,(H,5,6)/t19-,21?,22+,23-,24+,25+,26+,27-;/m1./s1. The van der Waals surface area contributed by atoms with Crippen molar-refractivity contribution in [2.45, 2.75) is 124 Å². The summed E-state index contributed by atoms with van der Waals surface area (Å²) >= 11 is 0. The van der Waals surface area contributed by atoms with Crippen molar-refractivity contribution in [3.63, 3.8) is 0 Å². The summed E-state index contributed by atoms with van der Waals surface area (Å²) in [7, 11) is 0. The fourth-order valence-corrected chi connectivity index (χ4v) is 8.67. The van der Waals surface area contributed by atoms with Gasteiger partial charge in [0.05, 0.1) is 6.10 Å². The van der Waals surface area contributed by atoms with Crippen molar-refractivity contribution in [2.75, 3.05) is 0 Å². The van der Waals surface area contributed by atoms with Crippen LogP contribution in [-0.4, -0.2) is 33.5 Å². The first-order chi connectivity index (χ1) is 15.9. The fraction of sp³-hybridized carbons (Fsp3) is 0.900. The van der Waals surface area contributed by atoms with E-state index in [0.717, 1.165) is 48.3 Å². The molecular formula is C30H52O4. The first kappa shape index (κ1) is 27.7. The number of carboxylic acid groups (broad SMARTS) is 1. The van der Waals surface area contributed by atoms with E-state index < -0.39 is 12.1 Å². The predicted octanol–water partition coefficient (Wildman–Crippen LogP) is 6.84. The molecule has 4 aliphatic rings. The molecule has 2 unspecified atom stereocenters. The average Bonchev–Trinajstić information content (AvgIpc) is 3.11. The van der Waals surface area contributed by atoms with Crippen LogP contribution in [0.2, 0.25) is 0 Å². The van der Waals surface area contributed by atoms with Gasteiger partial charge in [-0.15, -0.1) is 0 Å². The van der Waals surface area contributed by atoms with E-state index in [1.165, 1.54) is 64.7 Å². The van der Waals surface area contributed by atoms with Gasteiger partial charge < -0.3 is 15.3 Å². The topological polar surface area (TPSA) is 77.8 Å². The quantitative estimate of drug-likeness (QED) is 0.367. The minimum Gasteiger partial charge on any atom is -0.479 e. The number of rotatable bonds is 6. The molecule has 4 aliphatic carbocycles. The van der Waals surface area contributed by atoms with Crippen LogP contribution in [0, 0.1) is 46.3 Å². The zero-order chi connectivity index (χ0) is 25.3. The Labute approximate surface area is 208 Å². The molecule has 9 atom stereocenters. The van der Waals surface area contributed by atoms with E-state index >= 15 is 0 Å². The second-order valence-electron chi connectivity index (χ2n) is 13.2. The first-order valence-corrected chi connectivity index (χ1v) is 14.2. The lowest BCUT2D eigenvalue weighted by molar-refractivity contribution is -0.145. The van der Waals surface area contributed by atoms with Crippen LogP contribution >= 0.6 is 0 Å². The zero-order valence-electron chi connectivity index (χ0n) is 22.7. The maximum absolute atomic E-state index is 10.2. The SMILES string of the molecule is CC(C)CCC[C@@H](C)[C@H]1CC[C@H]2[C@@H]3CC=C4CC(O)CC[C@]4(C)[C@H]3CC[C@]12C.CC(O)C(=O)O. The summed E-state index contributed by atoms with van der Waals surface area (Å²) in [5, 5.41) is 26.0. The number of allylic oxidation sites excluding steroid dienone is 1. The minimum atomic E-state index is -1.23. The molecule has 34 heavy (non-hydrogen) atoms. The number of aliphatic hydroxyl groups excluding tert-OH is 2. The van der Waals surface area contributed by atoms with Gasteiger partial charge in [-0.05, 0) is 105 Å². The zero-order valence-corrected chi connectivity index (χ0v) is 22.7. The van der Waals surface area contributed by atoms with Crippen LogP contribution in [0.25, 0.3) is 0 Å². The number of aliphatic carboxylic acids is 1. The van der Waals surface area contributed by atoms with Gasteiger partial charge in [-0.2, -0.15) is 0 Å². The molecule has 0 heterocycles. The lowest BCUT2D eigenvalue weighted by Crippen LogP contribution is -2.50. The molecule has 0 aromatic heterocycles. The van der Waals surface area contributed by atoms with E-state index in [2.05, 4.69) is 40.7 Å². The number of fused-ring (bicyclic) bond motifs is 5. The molecule has 0 saturated heterocycles. The van der Waals surface area contributed by atoms with Gasteiger partial charge in [0.1, 0.15) is 6.10 Å². The van der Waals surface area contributed by atoms with Gasteiger partial charge in [0, 0.05) is 0 Å². The van der Waals surface area contributed by atoms with Gasteiger partial charge in [0.15, 0.2) is 0 Å². The molecule has 0 aromatic rings. The average molecular weight is 477 g/mol. The Balaban J connectivity index is 0.000000481. The van der Waals surface area contributed by atoms with Crippen LogP contribution < -0.4 is 0 Å². The molecular weight excluding hydrogens is 424 g/mol. The highest BCUT2D eigenvalue weighted by molar-refractivity contribution is 5.71. The van der Waals surface area contributed by atoms with Crippen molar-refractivity contribution in [1.82, 2.24) is 0 Å². The molecule has 196 valence electrons. The fourth-order valence-electron chi connectivity index (χ4n) is 8.67. The Hall–Kier alpha value is -0.870. The Morgan fingerprint density at radius 2 is 1.71 bits per heavy atom. The van der Waals surface area contributed by atoms with E-state index in [-0.39, 0.29) is 6.10 Å². The number of hydrogen-bond donors (Lipinski definition) is 3. The lowest BCUT2D eigenvalue weighted by atomic mass is 9.47. The summed E-state index contributed by atoms with van der Waals surface area (Å²) in [6.07, 6.45) is 15.9. The molecule has 4 nitrogen and oxygen atoms in total. The number of hydrogen-bond acceptors (Lipinski definition) is 3. The summed E-state index contributed by atoms with van der Waals surface area (Å²) in [4.78, 5) is 9.45. The summed E-state index contributed by atoms with van der Waals surface area (Å²) in [5.41, 5.74) is 2.60. The summed E-state index contributed by atoms with van der Waals surface area (Å²) in [6.45, 7) is 13.8. The largest absolute Gasteiger partial charge is 0.479 e. The Bertz CT molecular complexity index is 727. The molecule has 3 fully saturated rings.